The Bertz CT molecular complexity index is 1200. The molecule has 2 aromatic carbocycles. The first-order chi connectivity index (χ1) is 14.3. The average Bonchev–Trinajstić information content (AvgIpc) is 3.22. The second-order valence-corrected chi connectivity index (χ2v) is 10.4. The highest BCUT2D eigenvalue weighted by atomic mass is 32.2. The van der Waals surface area contributed by atoms with Crippen molar-refractivity contribution in [2.45, 2.75) is 28.8 Å². The molecular weight excluding hydrogens is 461 g/mol. The van der Waals surface area contributed by atoms with Gasteiger partial charge in [-0.2, -0.15) is 17.5 Å². The van der Waals surface area contributed by atoms with E-state index in [9.17, 15) is 34.8 Å². The molecule has 1 aliphatic rings. The molecule has 168 valence electrons. The number of nitrogens with one attached hydrogen (secondary N) is 1. The summed E-state index contributed by atoms with van der Waals surface area (Å²) in [4.78, 5) is 10.6. The molecule has 1 fully saturated rings. The minimum atomic E-state index is -4.89. The summed E-state index contributed by atoms with van der Waals surface area (Å²) in [6, 6.07) is 5.82. The highest BCUT2D eigenvalue weighted by molar-refractivity contribution is 7.92. The lowest BCUT2D eigenvalue weighted by Gasteiger charge is -2.16. The Balaban J connectivity index is 1.91. The number of alkyl halides is 3. The Kier molecular flexibility index (Phi) is 6.04. The maximum absolute atomic E-state index is 13.0. The van der Waals surface area contributed by atoms with Crippen molar-refractivity contribution in [2.75, 3.05) is 17.8 Å². The predicted octanol–water partition coefficient (Wildman–Crippen LogP) is 2.99. The molecule has 1 saturated heterocycles. The van der Waals surface area contributed by atoms with Crippen LogP contribution in [-0.2, 0) is 26.2 Å². The SMILES string of the molecule is O=C(O)c1cc(NS(=O)(=O)c2ccc(S(=O)(=O)N3CCCC3)cc2)cc(C(F)(F)F)c1. The van der Waals surface area contributed by atoms with Crippen molar-refractivity contribution in [1.29, 1.82) is 0 Å². The van der Waals surface area contributed by atoms with E-state index in [4.69, 9.17) is 5.11 Å². The van der Waals surface area contributed by atoms with Crippen LogP contribution in [0.25, 0.3) is 0 Å². The molecule has 0 bridgehead atoms. The maximum Gasteiger partial charge on any atom is 0.416 e. The normalized spacial score (nSPS) is 15.7. The molecule has 0 spiro atoms. The van der Waals surface area contributed by atoms with E-state index in [1.54, 1.807) is 0 Å². The van der Waals surface area contributed by atoms with E-state index >= 15 is 0 Å². The molecule has 31 heavy (non-hydrogen) atoms. The summed E-state index contributed by atoms with van der Waals surface area (Å²) in [5, 5.41) is 9.01. The van der Waals surface area contributed by atoms with Gasteiger partial charge in [-0.1, -0.05) is 0 Å². The molecule has 1 aliphatic heterocycles. The van der Waals surface area contributed by atoms with Crippen LogP contribution in [0.5, 0.6) is 0 Å². The Labute approximate surface area is 176 Å². The number of anilines is 1. The fourth-order valence-corrected chi connectivity index (χ4v) is 5.61. The lowest BCUT2D eigenvalue weighted by molar-refractivity contribution is -0.137. The van der Waals surface area contributed by atoms with Crippen molar-refractivity contribution in [1.82, 2.24) is 4.31 Å². The van der Waals surface area contributed by atoms with Gasteiger partial charge in [-0.3, -0.25) is 4.72 Å². The topological polar surface area (TPSA) is 121 Å². The lowest BCUT2D eigenvalue weighted by Crippen LogP contribution is -2.27. The third-order valence-corrected chi connectivity index (χ3v) is 7.91. The number of benzene rings is 2. The molecule has 0 saturated carbocycles. The zero-order valence-corrected chi connectivity index (χ0v) is 17.4. The van der Waals surface area contributed by atoms with Crippen molar-refractivity contribution in [3.05, 3.63) is 53.6 Å². The first-order valence-corrected chi connectivity index (χ1v) is 11.8. The van der Waals surface area contributed by atoms with E-state index < -0.39 is 53.9 Å². The van der Waals surface area contributed by atoms with Crippen molar-refractivity contribution in [2.24, 2.45) is 0 Å². The van der Waals surface area contributed by atoms with Crippen LogP contribution in [0.1, 0.15) is 28.8 Å². The molecule has 13 heteroatoms. The third-order valence-electron chi connectivity index (χ3n) is 4.60. The van der Waals surface area contributed by atoms with Crippen LogP contribution >= 0.6 is 0 Å². The Morgan fingerprint density at radius 3 is 2.00 bits per heavy atom. The molecule has 0 unspecified atom stereocenters. The molecule has 3 rings (SSSR count). The minimum absolute atomic E-state index is 0.111. The first-order valence-electron chi connectivity index (χ1n) is 8.89. The van der Waals surface area contributed by atoms with Gasteiger partial charge in [0.15, 0.2) is 0 Å². The van der Waals surface area contributed by atoms with Crippen LogP contribution in [0, 0.1) is 0 Å². The van der Waals surface area contributed by atoms with Crippen LogP contribution in [0.2, 0.25) is 0 Å². The summed E-state index contributed by atoms with van der Waals surface area (Å²) < 4.78 is 92.4. The molecular formula is C18H17F3N2O6S2. The molecule has 0 atom stereocenters. The average molecular weight is 478 g/mol. The number of rotatable bonds is 6. The standard InChI is InChI=1S/C18H17F3N2O6S2/c19-18(20,21)13-9-12(17(24)25)10-14(11-13)22-30(26,27)15-3-5-16(6-4-15)31(28,29)23-7-1-2-8-23/h3-6,9-11,22H,1-2,7-8H2,(H,24,25). The number of carbonyl (C=O) groups is 1. The fourth-order valence-electron chi connectivity index (χ4n) is 3.06. The Morgan fingerprint density at radius 2 is 1.48 bits per heavy atom. The molecule has 0 aromatic heterocycles. The highest BCUT2D eigenvalue weighted by Gasteiger charge is 2.32. The number of carboxylic acid groups (broad SMARTS) is 1. The van der Waals surface area contributed by atoms with Crippen molar-refractivity contribution < 1.29 is 39.9 Å². The summed E-state index contributed by atoms with van der Waals surface area (Å²) in [5.41, 5.74) is -2.68. The van der Waals surface area contributed by atoms with Crippen LogP contribution < -0.4 is 4.72 Å². The molecule has 0 aliphatic carbocycles. The summed E-state index contributed by atoms with van der Waals surface area (Å²) >= 11 is 0. The number of nitrogens with zero attached hydrogens (tertiary/aromatic N) is 1. The van der Waals surface area contributed by atoms with Gasteiger partial charge in [0.2, 0.25) is 10.0 Å². The molecule has 2 N–H and O–H groups in total. The number of hydrogen-bond acceptors (Lipinski definition) is 5. The van der Waals surface area contributed by atoms with Crippen LogP contribution in [0.15, 0.2) is 52.3 Å². The van der Waals surface area contributed by atoms with Crippen molar-refractivity contribution in [3.63, 3.8) is 0 Å². The quantitative estimate of drug-likeness (QED) is 0.659. The van der Waals surface area contributed by atoms with Crippen molar-refractivity contribution >= 4 is 31.7 Å². The predicted molar refractivity (Wildman–Crippen MR) is 104 cm³/mol. The largest absolute Gasteiger partial charge is 0.478 e. The maximum atomic E-state index is 13.0. The van der Waals surface area contributed by atoms with Gasteiger partial charge in [0, 0.05) is 13.1 Å². The Morgan fingerprint density at radius 1 is 0.935 bits per heavy atom. The number of hydrogen-bond donors (Lipinski definition) is 2. The first kappa shape index (κ1) is 23.0. The van der Waals surface area contributed by atoms with Crippen LogP contribution in [-0.4, -0.2) is 45.3 Å². The van der Waals surface area contributed by atoms with Gasteiger partial charge in [-0.05, 0) is 55.3 Å². The van der Waals surface area contributed by atoms with Gasteiger partial charge in [0.25, 0.3) is 10.0 Å². The second kappa shape index (κ2) is 8.13. The summed E-state index contributed by atoms with van der Waals surface area (Å²) in [6.07, 6.45) is -3.44. The molecule has 1 heterocycles. The van der Waals surface area contributed by atoms with E-state index in [0.29, 0.717) is 25.2 Å². The van der Waals surface area contributed by atoms with Crippen molar-refractivity contribution in [3.8, 4) is 0 Å². The summed E-state index contributed by atoms with van der Waals surface area (Å²) in [5.74, 6) is -1.66. The van der Waals surface area contributed by atoms with Gasteiger partial charge >= 0.3 is 12.1 Å². The fraction of sp³-hybridized carbons (Fsp3) is 0.278. The van der Waals surface area contributed by atoms with Gasteiger partial charge < -0.3 is 5.11 Å². The van der Waals surface area contributed by atoms with E-state index in [0.717, 1.165) is 43.2 Å². The summed E-state index contributed by atoms with van der Waals surface area (Å²) in [7, 11) is -8.19. The van der Waals surface area contributed by atoms with E-state index in [1.807, 2.05) is 4.72 Å². The summed E-state index contributed by atoms with van der Waals surface area (Å²) in [6.45, 7) is 0.733. The zero-order chi connectivity index (χ0) is 23.0. The van der Waals surface area contributed by atoms with Gasteiger partial charge in [0.05, 0.1) is 26.6 Å². The number of sulfonamides is 2. The van der Waals surface area contributed by atoms with E-state index in [-0.39, 0.29) is 4.90 Å². The van der Waals surface area contributed by atoms with E-state index in [2.05, 4.69) is 0 Å². The molecule has 2 aromatic rings. The molecule has 0 amide bonds. The lowest BCUT2D eigenvalue weighted by atomic mass is 10.1. The van der Waals surface area contributed by atoms with E-state index in [1.165, 1.54) is 4.31 Å². The van der Waals surface area contributed by atoms with Crippen LogP contribution in [0.4, 0.5) is 18.9 Å². The van der Waals surface area contributed by atoms with Gasteiger partial charge in [0.1, 0.15) is 0 Å². The minimum Gasteiger partial charge on any atom is -0.478 e. The monoisotopic (exact) mass is 478 g/mol. The molecule has 0 radical (unpaired) electrons. The number of halogens is 3. The number of carboxylic acids is 1. The second-order valence-electron chi connectivity index (χ2n) is 6.79. The van der Waals surface area contributed by atoms with Gasteiger partial charge in [-0.15, -0.1) is 0 Å². The number of aromatic carboxylic acids is 1. The third kappa shape index (κ3) is 4.99. The Hall–Kier alpha value is -2.64. The zero-order valence-electron chi connectivity index (χ0n) is 15.8. The van der Waals surface area contributed by atoms with Gasteiger partial charge in [-0.25, -0.2) is 21.6 Å². The van der Waals surface area contributed by atoms with Crippen LogP contribution in [0.3, 0.4) is 0 Å². The highest BCUT2D eigenvalue weighted by Crippen LogP contribution is 2.33. The smallest absolute Gasteiger partial charge is 0.416 e. The molecule has 8 nitrogen and oxygen atoms in total.